The van der Waals surface area contributed by atoms with E-state index in [9.17, 15) is 18.5 Å². The van der Waals surface area contributed by atoms with Gasteiger partial charge in [-0.3, -0.25) is 9.69 Å². The molecule has 1 fully saturated rings. The van der Waals surface area contributed by atoms with Crippen LogP contribution in [0.4, 0.5) is 0 Å². The molecule has 0 aliphatic heterocycles. The molecule has 1 aliphatic rings. The van der Waals surface area contributed by atoms with Crippen molar-refractivity contribution < 1.29 is 17.9 Å². The Morgan fingerprint density at radius 1 is 1.24 bits per heavy atom. The van der Waals surface area contributed by atoms with E-state index >= 15 is 0 Å². The van der Waals surface area contributed by atoms with Crippen LogP contribution in [0.5, 0.6) is 5.75 Å². The number of nitriles is 1. The monoisotopic (exact) mass is 421 g/mol. The predicted molar refractivity (Wildman–Crippen MR) is 111 cm³/mol. The van der Waals surface area contributed by atoms with Gasteiger partial charge in [0.15, 0.2) is 9.84 Å². The van der Waals surface area contributed by atoms with Crippen molar-refractivity contribution in [1.29, 1.82) is 5.26 Å². The Bertz CT molecular complexity index is 842. The number of likely N-dealkylation sites (N-methyl/N-ethyl adjacent to an activating group) is 2. The van der Waals surface area contributed by atoms with Crippen LogP contribution in [-0.2, 0) is 14.6 Å². The van der Waals surface area contributed by atoms with Crippen LogP contribution >= 0.6 is 0 Å². The number of carbonyl (C=O) groups is 1. The van der Waals surface area contributed by atoms with Crippen LogP contribution in [-0.4, -0.2) is 69.7 Å². The van der Waals surface area contributed by atoms with Gasteiger partial charge in [0.25, 0.3) is 0 Å². The van der Waals surface area contributed by atoms with Gasteiger partial charge in [0.05, 0.1) is 24.1 Å². The highest BCUT2D eigenvalue weighted by atomic mass is 32.2. The predicted octanol–water partition coefficient (Wildman–Crippen LogP) is 2.48. The third-order valence-electron chi connectivity index (χ3n) is 5.50. The van der Waals surface area contributed by atoms with Gasteiger partial charge < -0.3 is 9.64 Å². The lowest BCUT2D eigenvalue weighted by Gasteiger charge is -2.39. The largest absolute Gasteiger partial charge is 0.494 e. The van der Waals surface area contributed by atoms with Crippen molar-refractivity contribution in [2.75, 3.05) is 40.0 Å². The molecule has 29 heavy (non-hydrogen) atoms. The standard InChI is InChI=1S/C21H31N3O4S/c1-23(16-20(25)24(2)21(17-22)11-5-4-6-12-21)13-8-14-28-18-9-7-10-19(15-18)29(3,26)27/h7,9-10,15H,4-6,8,11-14,16H2,1-3H3. The molecule has 7 nitrogen and oxygen atoms in total. The molecule has 2 rings (SSSR count). The Morgan fingerprint density at radius 3 is 2.55 bits per heavy atom. The van der Waals surface area contributed by atoms with E-state index in [-0.39, 0.29) is 17.3 Å². The number of hydrogen-bond donors (Lipinski definition) is 0. The van der Waals surface area contributed by atoms with E-state index in [1.54, 1.807) is 30.1 Å². The number of nitrogens with zero attached hydrogens (tertiary/aromatic N) is 3. The molecule has 1 aromatic carbocycles. The fourth-order valence-corrected chi connectivity index (χ4v) is 4.29. The molecule has 160 valence electrons. The van der Waals surface area contributed by atoms with Gasteiger partial charge in [-0.05, 0) is 44.5 Å². The molecule has 0 atom stereocenters. The van der Waals surface area contributed by atoms with E-state index in [0.717, 1.165) is 32.1 Å². The van der Waals surface area contributed by atoms with Gasteiger partial charge in [-0.2, -0.15) is 5.26 Å². The number of hydrogen-bond acceptors (Lipinski definition) is 6. The zero-order valence-electron chi connectivity index (χ0n) is 17.6. The van der Waals surface area contributed by atoms with E-state index in [4.69, 9.17) is 4.74 Å². The van der Waals surface area contributed by atoms with Gasteiger partial charge in [0.1, 0.15) is 11.3 Å². The maximum Gasteiger partial charge on any atom is 0.237 e. The highest BCUT2D eigenvalue weighted by Gasteiger charge is 2.38. The average molecular weight is 422 g/mol. The van der Waals surface area contributed by atoms with E-state index in [0.29, 0.717) is 25.3 Å². The summed E-state index contributed by atoms with van der Waals surface area (Å²) in [7, 11) is 0.349. The zero-order chi connectivity index (χ0) is 21.5. The number of benzene rings is 1. The summed E-state index contributed by atoms with van der Waals surface area (Å²) in [5.41, 5.74) is -0.663. The van der Waals surface area contributed by atoms with Crippen molar-refractivity contribution >= 4 is 15.7 Å². The van der Waals surface area contributed by atoms with Crippen molar-refractivity contribution in [2.45, 2.75) is 49.0 Å². The van der Waals surface area contributed by atoms with Gasteiger partial charge >= 0.3 is 0 Å². The van der Waals surface area contributed by atoms with E-state index in [1.165, 1.54) is 12.3 Å². The summed E-state index contributed by atoms with van der Waals surface area (Å²) in [5.74, 6) is 0.470. The molecule has 1 aromatic rings. The summed E-state index contributed by atoms with van der Waals surface area (Å²) in [6.07, 6.45) is 6.45. The second-order valence-corrected chi connectivity index (χ2v) is 9.86. The maximum absolute atomic E-state index is 12.6. The van der Waals surface area contributed by atoms with Crippen LogP contribution in [0.1, 0.15) is 38.5 Å². The summed E-state index contributed by atoms with van der Waals surface area (Å²) >= 11 is 0. The summed E-state index contributed by atoms with van der Waals surface area (Å²) in [5, 5.41) is 9.63. The van der Waals surface area contributed by atoms with Crippen molar-refractivity contribution in [1.82, 2.24) is 9.80 Å². The quantitative estimate of drug-likeness (QED) is 0.569. The van der Waals surface area contributed by atoms with Crippen LogP contribution in [0.25, 0.3) is 0 Å². The molecule has 1 saturated carbocycles. The van der Waals surface area contributed by atoms with Gasteiger partial charge in [-0.25, -0.2) is 8.42 Å². The molecule has 0 N–H and O–H groups in total. The summed E-state index contributed by atoms with van der Waals surface area (Å²) in [6.45, 7) is 1.33. The molecule has 0 unspecified atom stereocenters. The Morgan fingerprint density at radius 2 is 1.93 bits per heavy atom. The average Bonchev–Trinajstić information content (AvgIpc) is 2.70. The lowest BCUT2D eigenvalue weighted by Crippen LogP contribution is -2.52. The lowest BCUT2D eigenvalue weighted by molar-refractivity contribution is -0.135. The summed E-state index contributed by atoms with van der Waals surface area (Å²) < 4.78 is 28.8. The normalized spacial score (nSPS) is 16.2. The number of amides is 1. The second kappa shape index (κ2) is 10.1. The van der Waals surface area contributed by atoms with Gasteiger partial charge in [0, 0.05) is 19.8 Å². The van der Waals surface area contributed by atoms with E-state index in [1.807, 2.05) is 11.9 Å². The minimum atomic E-state index is -3.26. The summed E-state index contributed by atoms with van der Waals surface area (Å²) in [6, 6.07) is 8.82. The Hall–Kier alpha value is -2.11. The second-order valence-electron chi connectivity index (χ2n) is 7.84. The van der Waals surface area contributed by atoms with Gasteiger partial charge in [0.2, 0.25) is 5.91 Å². The zero-order valence-corrected chi connectivity index (χ0v) is 18.4. The first-order valence-electron chi connectivity index (χ1n) is 9.97. The number of carbonyl (C=O) groups excluding carboxylic acids is 1. The first-order valence-corrected chi connectivity index (χ1v) is 11.9. The minimum absolute atomic E-state index is 0.0438. The highest BCUT2D eigenvalue weighted by Crippen LogP contribution is 2.32. The number of rotatable bonds is 9. The fourth-order valence-electron chi connectivity index (χ4n) is 3.63. The van der Waals surface area contributed by atoms with Crippen LogP contribution in [0, 0.1) is 11.3 Å². The first kappa shape index (κ1) is 23.2. The van der Waals surface area contributed by atoms with Crippen LogP contribution in [0.15, 0.2) is 29.2 Å². The topological polar surface area (TPSA) is 90.7 Å². The molecule has 0 bridgehead atoms. The highest BCUT2D eigenvalue weighted by molar-refractivity contribution is 7.90. The van der Waals surface area contributed by atoms with Crippen LogP contribution in [0.3, 0.4) is 0 Å². The van der Waals surface area contributed by atoms with Crippen molar-refractivity contribution in [3.8, 4) is 11.8 Å². The minimum Gasteiger partial charge on any atom is -0.494 e. The molecule has 1 aliphatic carbocycles. The van der Waals surface area contributed by atoms with Crippen molar-refractivity contribution in [3.05, 3.63) is 24.3 Å². The van der Waals surface area contributed by atoms with E-state index < -0.39 is 15.4 Å². The fraction of sp³-hybridized carbons (Fsp3) is 0.619. The van der Waals surface area contributed by atoms with Gasteiger partial charge in [-0.15, -0.1) is 0 Å². The molecule has 1 amide bonds. The van der Waals surface area contributed by atoms with Crippen LogP contribution < -0.4 is 4.74 Å². The maximum atomic E-state index is 12.6. The van der Waals surface area contributed by atoms with E-state index in [2.05, 4.69) is 6.07 Å². The first-order chi connectivity index (χ1) is 13.7. The molecule has 0 radical (unpaired) electrons. The SMILES string of the molecule is CN(CCCOc1cccc(S(C)(=O)=O)c1)CC(=O)N(C)C1(C#N)CCCCC1. The molecular weight excluding hydrogens is 390 g/mol. The smallest absolute Gasteiger partial charge is 0.237 e. The van der Waals surface area contributed by atoms with Crippen LogP contribution in [0.2, 0.25) is 0 Å². The third kappa shape index (κ3) is 6.44. The molecule has 0 spiro atoms. The van der Waals surface area contributed by atoms with Crippen molar-refractivity contribution in [3.63, 3.8) is 0 Å². The van der Waals surface area contributed by atoms with Gasteiger partial charge in [-0.1, -0.05) is 25.3 Å². The summed E-state index contributed by atoms with van der Waals surface area (Å²) in [4.78, 5) is 16.4. The Kier molecular flexibility index (Phi) is 8.05. The molecular formula is C21H31N3O4S. The number of ether oxygens (including phenoxy) is 1. The molecule has 0 saturated heterocycles. The molecule has 8 heteroatoms. The number of sulfone groups is 1. The Labute approximate surface area is 174 Å². The molecule has 0 aromatic heterocycles. The molecule has 0 heterocycles. The Balaban J connectivity index is 1.78. The third-order valence-corrected chi connectivity index (χ3v) is 6.61. The lowest BCUT2D eigenvalue weighted by atomic mass is 9.81. The van der Waals surface area contributed by atoms with Crippen molar-refractivity contribution in [2.24, 2.45) is 0 Å².